The van der Waals surface area contributed by atoms with Gasteiger partial charge in [0.15, 0.2) is 23.1 Å². The number of pyridine rings is 1. The molecule has 0 fully saturated rings. The minimum Gasteiger partial charge on any atom is -0.359 e. The summed E-state index contributed by atoms with van der Waals surface area (Å²) < 4.78 is 40.5. The Bertz CT molecular complexity index is 1190. The van der Waals surface area contributed by atoms with Gasteiger partial charge in [-0.3, -0.25) is 9.89 Å². The van der Waals surface area contributed by atoms with Crippen LogP contribution in [0, 0.1) is 17.5 Å². The van der Waals surface area contributed by atoms with Crippen LogP contribution in [-0.4, -0.2) is 31.3 Å². The highest BCUT2D eigenvalue weighted by Crippen LogP contribution is 2.27. The molecule has 1 amide bonds. The molecule has 27 heavy (non-hydrogen) atoms. The summed E-state index contributed by atoms with van der Waals surface area (Å²) in [4.78, 5) is 19.1. The summed E-state index contributed by atoms with van der Waals surface area (Å²) >= 11 is 2.95. The monoisotopic (exact) mass is 436 g/mol. The van der Waals surface area contributed by atoms with Gasteiger partial charge in [0.2, 0.25) is 0 Å². The molecule has 0 saturated carbocycles. The number of rotatable bonds is 3. The number of aromatic nitrogens is 5. The van der Waals surface area contributed by atoms with Gasteiger partial charge in [0.1, 0.15) is 10.3 Å². The highest BCUT2D eigenvalue weighted by molar-refractivity contribution is 9.10. The van der Waals surface area contributed by atoms with Crippen molar-refractivity contribution in [1.29, 1.82) is 0 Å². The first-order chi connectivity index (χ1) is 12.9. The molecule has 7 nitrogen and oxygen atoms in total. The van der Waals surface area contributed by atoms with Gasteiger partial charge in [0.05, 0.1) is 11.2 Å². The number of H-pyrrole nitrogens is 2. The Morgan fingerprint density at radius 3 is 2.67 bits per heavy atom. The maximum absolute atomic E-state index is 13.7. The summed E-state index contributed by atoms with van der Waals surface area (Å²) in [6.45, 7) is 0. The molecule has 3 heterocycles. The van der Waals surface area contributed by atoms with Gasteiger partial charge < -0.3 is 10.3 Å². The first-order valence-corrected chi connectivity index (χ1v) is 8.23. The molecule has 0 aliphatic rings. The lowest BCUT2D eigenvalue weighted by Crippen LogP contribution is -2.13. The van der Waals surface area contributed by atoms with E-state index in [1.165, 1.54) is 12.4 Å². The number of amides is 1. The Kier molecular flexibility index (Phi) is 4.15. The molecule has 0 bridgehead atoms. The maximum atomic E-state index is 13.7. The molecular weight excluding hydrogens is 429 g/mol. The highest BCUT2D eigenvalue weighted by atomic mass is 79.9. The Morgan fingerprint density at radius 1 is 1.11 bits per heavy atom. The third-order valence-corrected chi connectivity index (χ3v) is 4.40. The number of carbonyl (C=O) groups excluding carboxylic acids is 1. The van der Waals surface area contributed by atoms with Gasteiger partial charge in [-0.15, -0.1) is 5.10 Å². The molecule has 0 aliphatic heterocycles. The molecule has 4 rings (SSSR count). The van der Waals surface area contributed by atoms with Gasteiger partial charge in [-0.1, -0.05) is 5.21 Å². The van der Waals surface area contributed by atoms with E-state index in [0.29, 0.717) is 5.52 Å². The lowest BCUT2D eigenvalue weighted by Gasteiger charge is -2.04. The summed E-state index contributed by atoms with van der Waals surface area (Å²) in [5.41, 5.74) is 0.837. The van der Waals surface area contributed by atoms with Crippen molar-refractivity contribution >= 4 is 38.4 Å². The molecule has 136 valence electrons. The van der Waals surface area contributed by atoms with Crippen LogP contribution in [0.2, 0.25) is 0 Å². The molecule has 0 unspecified atom stereocenters. The van der Waals surface area contributed by atoms with Gasteiger partial charge in [-0.05, 0) is 28.1 Å². The average molecular weight is 437 g/mol. The molecule has 0 spiro atoms. The largest absolute Gasteiger partial charge is 0.359 e. The predicted molar refractivity (Wildman–Crippen MR) is 93.4 cm³/mol. The molecular formula is C16H8BrF3N6O. The number of halogens is 4. The minimum atomic E-state index is -1.05. The van der Waals surface area contributed by atoms with Gasteiger partial charge >= 0.3 is 0 Å². The fourth-order valence-electron chi connectivity index (χ4n) is 2.55. The van der Waals surface area contributed by atoms with Crippen LogP contribution in [0.25, 0.3) is 22.2 Å². The standard InChI is InChI=1S/C16H8BrF3N6O/c17-15-10(20)1-6(4-22-15)13-14(25-26-24-13)16(27)23-12-5-21-11-3-9(19)8(18)2-7(11)12/h1-5,21H,(H,23,27)(H,24,25,26). The van der Waals surface area contributed by atoms with Gasteiger partial charge in [-0.2, -0.15) is 0 Å². The number of benzene rings is 1. The van der Waals surface area contributed by atoms with Crippen molar-refractivity contribution in [2.75, 3.05) is 5.32 Å². The van der Waals surface area contributed by atoms with E-state index >= 15 is 0 Å². The van der Waals surface area contributed by atoms with Crippen molar-refractivity contribution in [1.82, 2.24) is 25.4 Å². The molecule has 0 radical (unpaired) electrons. The Morgan fingerprint density at radius 2 is 1.89 bits per heavy atom. The second-order valence-corrected chi connectivity index (χ2v) is 6.25. The second-order valence-electron chi connectivity index (χ2n) is 5.50. The lowest BCUT2D eigenvalue weighted by atomic mass is 10.1. The lowest BCUT2D eigenvalue weighted by molar-refractivity contribution is 0.102. The minimum absolute atomic E-state index is 0.0257. The Balaban J connectivity index is 1.68. The van der Waals surface area contributed by atoms with Crippen LogP contribution in [0.3, 0.4) is 0 Å². The quantitative estimate of drug-likeness (QED) is 0.425. The Labute approximate surface area is 157 Å². The molecule has 0 saturated heterocycles. The van der Waals surface area contributed by atoms with Crippen LogP contribution in [0.5, 0.6) is 0 Å². The highest BCUT2D eigenvalue weighted by Gasteiger charge is 2.20. The molecule has 3 N–H and O–H groups in total. The summed E-state index contributed by atoms with van der Waals surface area (Å²) in [6.07, 6.45) is 2.73. The van der Waals surface area contributed by atoms with E-state index in [9.17, 15) is 18.0 Å². The number of anilines is 1. The number of hydrogen-bond donors (Lipinski definition) is 3. The van der Waals surface area contributed by atoms with Crippen molar-refractivity contribution in [3.05, 3.63) is 58.3 Å². The second kappa shape index (κ2) is 6.50. The van der Waals surface area contributed by atoms with Gasteiger partial charge in [-0.25, -0.2) is 18.2 Å². The van der Waals surface area contributed by atoms with Crippen molar-refractivity contribution in [3.63, 3.8) is 0 Å². The van der Waals surface area contributed by atoms with E-state index in [1.54, 1.807) is 0 Å². The predicted octanol–water partition coefficient (Wildman–Crippen LogP) is 3.78. The van der Waals surface area contributed by atoms with Crippen LogP contribution in [0.4, 0.5) is 18.9 Å². The number of carbonyl (C=O) groups is 1. The first-order valence-electron chi connectivity index (χ1n) is 7.44. The van der Waals surface area contributed by atoms with Crippen LogP contribution < -0.4 is 5.32 Å². The fourth-order valence-corrected chi connectivity index (χ4v) is 2.76. The van der Waals surface area contributed by atoms with Crippen LogP contribution in [-0.2, 0) is 0 Å². The van der Waals surface area contributed by atoms with Crippen molar-refractivity contribution in [3.8, 4) is 11.3 Å². The molecule has 11 heteroatoms. The number of hydrogen-bond acceptors (Lipinski definition) is 4. The van der Waals surface area contributed by atoms with E-state index in [0.717, 1.165) is 18.2 Å². The number of aromatic amines is 2. The van der Waals surface area contributed by atoms with Crippen LogP contribution in [0.1, 0.15) is 10.5 Å². The summed E-state index contributed by atoms with van der Waals surface area (Å²) in [6, 6.07) is 3.11. The van der Waals surface area contributed by atoms with Gasteiger partial charge in [0.25, 0.3) is 5.91 Å². The van der Waals surface area contributed by atoms with E-state index in [1.807, 2.05) is 0 Å². The average Bonchev–Trinajstić information content (AvgIpc) is 3.26. The normalized spacial score (nSPS) is 11.1. The fraction of sp³-hybridized carbons (Fsp3) is 0. The third kappa shape index (κ3) is 3.05. The SMILES string of the molecule is O=C(Nc1c[nH]c2cc(F)c(F)cc12)c1nn[nH]c1-c1cnc(Br)c(F)c1. The van der Waals surface area contributed by atoms with Crippen molar-refractivity contribution in [2.24, 2.45) is 0 Å². The summed E-state index contributed by atoms with van der Waals surface area (Å²) in [7, 11) is 0. The van der Waals surface area contributed by atoms with E-state index in [4.69, 9.17) is 0 Å². The van der Waals surface area contributed by atoms with E-state index in [-0.39, 0.29) is 32.6 Å². The number of fused-ring (bicyclic) bond motifs is 1. The zero-order valence-corrected chi connectivity index (χ0v) is 14.7. The van der Waals surface area contributed by atoms with E-state index in [2.05, 4.69) is 46.6 Å². The molecule has 0 atom stereocenters. The van der Waals surface area contributed by atoms with E-state index < -0.39 is 23.4 Å². The zero-order chi connectivity index (χ0) is 19.1. The summed E-state index contributed by atoms with van der Waals surface area (Å²) in [5, 5.41) is 12.6. The first kappa shape index (κ1) is 17.2. The third-order valence-electron chi connectivity index (χ3n) is 3.82. The number of nitrogens with zero attached hydrogens (tertiary/aromatic N) is 3. The Hall–Kier alpha value is -3.21. The van der Waals surface area contributed by atoms with Crippen LogP contribution in [0.15, 0.2) is 35.2 Å². The molecule has 4 aromatic rings. The van der Waals surface area contributed by atoms with Crippen LogP contribution >= 0.6 is 15.9 Å². The maximum Gasteiger partial charge on any atom is 0.278 e. The molecule has 0 aliphatic carbocycles. The van der Waals surface area contributed by atoms with Crippen molar-refractivity contribution < 1.29 is 18.0 Å². The van der Waals surface area contributed by atoms with Gasteiger partial charge in [0, 0.05) is 29.4 Å². The smallest absolute Gasteiger partial charge is 0.278 e. The number of nitrogens with one attached hydrogen (secondary N) is 3. The molecule has 3 aromatic heterocycles. The topological polar surface area (TPSA) is 99.4 Å². The van der Waals surface area contributed by atoms with Crippen molar-refractivity contribution in [2.45, 2.75) is 0 Å². The summed E-state index contributed by atoms with van der Waals surface area (Å²) in [5.74, 6) is -3.35. The zero-order valence-electron chi connectivity index (χ0n) is 13.1. The molecule has 1 aromatic carbocycles.